The van der Waals surface area contributed by atoms with Gasteiger partial charge in [-0.1, -0.05) is 30.3 Å². The molecule has 1 atom stereocenters. The second-order valence-corrected chi connectivity index (χ2v) is 8.10. The molecular weight excluding hydrogens is 381 g/mol. The zero-order valence-electron chi connectivity index (χ0n) is 16.9. The number of anilines is 1. The third-order valence-electron chi connectivity index (χ3n) is 6.62. The van der Waals surface area contributed by atoms with Gasteiger partial charge in [-0.3, -0.25) is 4.79 Å². The Labute approximate surface area is 175 Å². The number of piperidine rings is 1. The summed E-state index contributed by atoms with van der Waals surface area (Å²) in [5.74, 6) is -0.278. The molecule has 1 spiro atoms. The van der Waals surface area contributed by atoms with Crippen LogP contribution in [0.4, 0.5) is 10.1 Å². The predicted molar refractivity (Wildman–Crippen MR) is 114 cm³/mol. The highest BCUT2D eigenvalue weighted by atomic mass is 19.1. The van der Waals surface area contributed by atoms with Crippen molar-refractivity contribution in [2.45, 2.75) is 24.5 Å². The van der Waals surface area contributed by atoms with Crippen molar-refractivity contribution in [3.05, 3.63) is 72.2 Å². The van der Waals surface area contributed by atoms with E-state index in [-0.39, 0.29) is 23.4 Å². The van der Waals surface area contributed by atoms with E-state index in [0.717, 1.165) is 36.0 Å². The maximum Gasteiger partial charge on any atom is 0.272 e. The molecule has 3 heterocycles. The normalized spacial score (nSPS) is 20.4. The molecule has 30 heavy (non-hydrogen) atoms. The summed E-state index contributed by atoms with van der Waals surface area (Å²) < 4.78 is 19.5. The predicted octanol–water partition coefficient (Wildman–Crippen LogP) is 3.88. The SMILES string of the molecule is COC1CN(c2cccc(F)c2)C12CCN(C(=O)c1ccc3ccccc3n1)CC2. The summed E-state index contributed by atoms with van der Waals surface area (Å²) in [7, 11) is 1.73. The first kappa shape index (κ1) is 19.0. The molecule has 0 N–H and O–H groups in total. The molecule has 1 aromatic heterocycles. The Balaban J connectivity index is 1.34. The molecule has 2 aliphatic rings. The van der Waals surface area contributed by atoms with Gasteiger partial charge < -0.3 is 14.5 Å². The highest BCUT2D eigenvalue weighted by molar-refractivity contribution is 5.95. The number of para-hydroxylation sites is 1. The fourth-order valence-electron chi connectivity index (χ4n) is 4.92. The van der Waals surface area contributed by atoms with Crippen molar-refractivity contribution in [3.8, 4) is 0 Å². The highest BCUT2D eigenvalue weighted by Gasteiger charge is 2.55. The summed E-state index contributed by atoms with van der Waals surface area (Å²) in [6.45, 7) is 1.98. The second-order valence-electron chi connectivity index (χ2n) is 8.10. The minimum atomic E-state index is -0.237. The van der Waals surface area contributed by atoms with Gasteiger partial charge in [-0.15, -0.1) is 0 Å². The van der Waals surface area contributed by atoms with Crippen LogP contribution < -0.4 is 4.90 Å². The number of carbonyl (C=O) groups excluding carboxylic acids is 1. The van der Waals surface area contributed by atoms with Gasteiger partial charge in [-0.05, 0) is 43.2 Å². The zero-order chi connectivity index (χ0) is 20.7. The first-order valence-corrected chi connectivity index (χ1v) is 10.3. The van der Waals surface area contributed by atoms with E-state index >= 15 is 0 Å². The second kappa shape index (κ2) is 7.36. The molecule has 5 nitrogen and oxygen atoms in total. The van der Waals surface area contributed by atoms with Crippen molar-refractivity contribution in [1.29, 1.82) is 0 Å². The van der Waals surface area contributed by atoms with Crippen LogP contribution in [0.5, 0.6) is 0 Å². The summed E-state index contributed by atoms with van der Waals surface area (Å²) in [4.78, 5) is 21.7. The fraction of sp³-hybridized carbons (Fsp3) is 0.333. The van der Waals surface area contributed by atoms with Gasteiger partial charge in [0, 0.05) is 37.8 Å². The van der Waals surface area contributed by atoms with Crippen LogP contribution in [0.2, 0.25) is 0 Å². The topological polar surface area (TPSA) is 45.7 Å². The largest absolute Gasteiger partial charge is 0.377 e. The molecule has 2 aromatic carbocycles. The molecule has 1 amide bonds. The minimum Gasteiger partial charge on any atom is -0.377 e. The Bertz CT molecular complexity index is 1090. The summed E-state index contributed by atoms with van der Waals surface area (Å²) >= 11 is 0. The molecular formula is C24H24FN3O2. The van der Waals surface area contributed by atoms with E-state index in [4.69, 9.17) is 4.74 Å². The standard InChI is InChI=1S/C24H24FN3O2/c1-30-22-16-28(19-7-4-6-18(25)15-19)24(22)11-13-27(14-12-24)23(29)21-10-9-17-5-2-3-8-20(17)26-21/h2-10,15,22H,11-14,16H2,1H3. The van der Waals surface area contributed by atoms with E-state index in [1.54, 1.807) is 25.3 Å². The van der Waals surface area contributed by atoms with Gasteiger partial charge in [0.05, 0.1) is 17.2 Å². The first-order valence-electron chi connectivity index (χ1n) is 10.3. The number of amides is 1. The third kappa shape index (κ3) is 3.03. The smallest absolute Gasteiger partial charge is 0.272 e. The van der Waals surface area contributed by atoms with Crippen LogP contribution in [0.25, 0.3) is 10.9 Å². The van der Waals surface area contributed by atoms with Crippen molar-refractivity contribution in [3.63, 3.8) is 0 Å². The molecule has 0 aliphatic carbocycles. The Morgan fingerprint density at radius 1 is 1.10 bits per heavy atom. The van der Waals surface area contributed by atoms with E-state index in [0.29, 0.717) is 18.8 Å². The van der Waals surface area contributed by atoms with Crippen molar-refractivity contribution >= 4 is 22.5 Å². The van der Waals surface area contributed by atoms with Crippen LogP contribution >= 0.6 is 0 Å². The van der Waals surface area contributed by atoms with Gasteiger partial charge in [-0.25, -0.2) is 9.37 Å². The minimum absolute atomic E-state index is 0.0406. The van der Waals surface area contributed by atoms with Crippen LogP contribution in [0, 0.1) is 5.82 Å². The van der Waals surface area contributed by atoms with E-state index in [2.05, 4.69) is 9.88 Å². The lowest BCUT2D eigenvalue weighted by molar-refractivity contribution is -0.0433. The first-order chi connectivity index (χ1) is 14.6. The molecule has 6 heteroatoms. The molecule has 154 valence electrons. The average molecular weight is 405 g/mol. The van der Waals surface area contributed by atoms with Crippen molar-refractivity contribution in [2.75, 3.05) is 31.6 Å². The molecule has 0 radical (unpaired) electrons. The highest BCUT2D eigenvalue weighted by Crippen LogP contribution is 2.44. The van der Waals surface area contributed by atoms with Crippen LogP contribution in [-0.4, -0.2) is 54.2 Å². The average Bonchev–Trinajstić information content (AvgIpc) is 2.78. The monoisotopic (exact) mass is 405 g/mol. The lowest BCUT2D eigenvalue weighted by atomic mass is 9.73. The Morgan fingerprint density at radius 3 is 2.67 bits per heavy atom. The molecule has 5 rings (SSSR count). The van der Waals surface area contributed by atoms with Gasteiger partial charge in [0.25, 0.3) is 5.91 Å². The van der Waals surface area contributed by atoms with Crippen molar-refractivity contribution in [2.24, 2.45) is 0 Å². The van der Waals surface area contributed by atoms with E-state index in [9.17, 15) is 9.18 Å². The number of nitrogens with zero attached hydrogens (tertiary/aromatic N) is 3. The number of methoxy groups -OCH3 is 1. The quantitative estimate of drug-likeness (QED) is 0.663. The number of hydrogen-bond donors (Lipinski definition) is 0. The van der Waals surface area contributed by atoms with E-state index < -0.39 is 0 Å². The Morgan fingerprint density at radius 2 is 1.90 bits per heavy atom. The summed E-state index contributed by atoms with van der Waals surface area (Å²) in [6, 6.07) is 18.3. The molecule has 0 saturated carbocycles. The number of hydrogen-bond acceptors (Lipinski definition) is 4. The number of rotatable bonds is 3. The van der Waals surface area contributed by atoms with E-state index in [1.165, 1.54) is 6.07 Å². The number of aromatic nitrogens is 1. The molecule has 0 bridgehead atoms. The Hall–Kier alpha value is -2.99. The number of fused-ring (bicyclic) bond motifs is 1. The number of benzene rings is 2. The number of pyridine rings is 1. The third-order valence-corrected chi connectivity index (χ3v) is 6.62. The maximum atomic E-state index is 13.8. The van der Waals surface area contributed by atoms with Gasteiger partial charge >= 0.3 is 0 Å². The van der Waals surface area contributed by atoms with E-state index in [1.807, 2.05) is 41.3 Å². The number of likely N-dealkylation sites (tertiary alicyclic amines) is 1. The lowest BCUT2D eigenvalue weighted by Gasteiger charge is -2.61. The van der Waals surface area contributed by atoms with Gasteiger partial charge in [0.15, 0.2) is 0 Å². The van der Waals surface area contributed by atoms with Crippen LogP contribution in [0.15, 0.2) is 60.7 Å². The Kier molecular flexibility index (Phi) is 4.66. The van der Waals surface area contributed by atoms with Crippen LogP contribution in [-0.2, 0) is 4.74 Å². The van der Waals surface area contributed by atoms with Gasteiger partial charge in [0.2, 0.25) is 0 Å². The lowest BCUT2D eigenvalue weighted by Crippen LogP contribution is -2.74. The summed E-state index contributed by atoms with van der Waals surface area (Å²) in [5, 5.41) is 1.02. The van der Waals surface area contributed by atoms with Crippen molar-refractivity contribution in [1.82, 2.24) is 9.88 Å². The zero-order valence-corrected chi connectivity index (χ0v) is 16.9. The molecule has 2 fully saturated rings. The van der Waals surface area contributed by atoms with Gasteiger partial charge in [0.1, 0.15) is 11.5 Å². The van der Waals surface area contributed by atoms with Crippen LogP contribution in [0.1, 0.15) is 23.3 Å². The molecule has 2 saturated heterocycles. The van der Waals surface area contributed by atoms with Crippen molar-refractivity contribution < 1.29 is 13.9 Å². The fourth-order valence-corrected chi connectivity index (χ4v) is 4.92. The summed E-state index contributed by atoms with van der Waals surface area (Å²) in [6.07, 6.45) is 1.64. The maximum absolute atomic E-state index is 13.8. The number of halogens is 1. The summed E-state index contributed by atoms with van der Waals surface area (Å²) in [5.41, 5.74) is 1.98. The number of carbonyl (C=O) groups is 1. The molecule has 2 aliphatic heterocycles. The molecule has 1 unspecified atom stereocenters. The molecule has 3 aromatic rings. The van der Waals surface area contributed by atoms with Gasteiger partial charge in [-0.2, -0.15) is 0 Å². The number of ether oxygens (including phenoxy) is 1. The van der Waals surface area contributed by atoms with Crippen LogP contribution in [0.3, 0.4) is 0 Å².